The molecule has 0 amide bonds. The second kappa shape index (κ2) is 12.4. The molecule has 0 bridgehead atoms. The fraction of sp³-hybridized carbons (Fsp3) is 0.500. The first-order valence-electron chi connectivity index (χ1n) is 12.7. The van der Waals surface area contributed by atoms with Gasteiger partial charge in [-0.15, -0.1) is 0 Å². The molecule has 0 saturated carbocycles. The Hall–Kier alpha value is -1.33. The van der Waals surface area contributed by atoms with Gasteiger partial charge in [0.1, 0.15) is 0 Å². The van der Waals surface area contributed by atoms with Crippen LogP contribution in [0, 0.1) is 6.92 Å². The molecule has 2 aromatic heterocycles. The van der Waals surface area contributed by atoms with Crippen LogP contribution in [0.25, 0.3) is 20.7 Å². The van der Waals surface area contributed by atoms with Crippen molar-refractivity contribution in [3.63, 3.8) is 0 Å². The van der Waals surface area contributed by atoms with E-state index in [1.54, 1.807) is 3.59 Å². The van der Waals surface area contributed by atoms with E-state index in [2.05, 4.69) is 75.3 Å². The summed E-state index contributed by atoms with van der Waals surface area (Å²) in [5.74, 6) is 0. The van der Waals surface area contributed by atoms with Crippen molar-refractivity contribution >= 4 is 50.7 Å². The summed E-state index contributed by atoms with van der Waals surface area (Å²) < 4.78 is 7.92. The molecule has 0 saturated heterocycles. The zero-order chi connectivity index (χ0) is 23.8. The van der Waals surface area contributed by atoms with Gasteiger partial charge in [-0.05, 0) is 0 Å². The Labute approximate surface area is 209 Å². The molecule has 0 spiro atoms. The van der Waals surface area contributed by atoms with Crippen LogP contribution in [0.5, 0.6) is 0 Å². The quantitative estimate of drug-likeness (QED) is 0.160. The number of unbranched alkanes of at least 4 members (excludes halogenated alkanes) is 3. The molecule has 0 unspecified atom stereocenters. The molecule has 2 heterocycles. The van der Waals surface area contributed by atoms with Crippen LogP contribution in [0.2, 0.25) is 18.6 Å². The zero-order valence-electron chi connectivity index (χ0n) is 21.1. The van der Waals surface area contributed by atoms with Crippen molar-refractivity contribution < 1.29 is 0 Å². The molecule has 3 rings (SSSR count). The zero-order valence-corrected chi connectivity index (χ0v) is 24.7. The Kier molecular flexibility index (Phi) is 9.87. The van der Waals surface area contributed by atoms with Gasteiger partial charge < -0.3 is 0 Å². The number of benzene rings is 1. The first-order chi connectivity index (χ1) is 15.9. The number of hydrogen-bond donors (Lipinski definition) is 0. The molecule has 0 radical (unpaired) electrons. The minimum absolute atomic E-state index is 0.329. The third-order valence-electron chi connectivity index (χ3n) is 6.93. The van der Waals surface area contributed by atoms with Crippen molar-refractivity contribution in [1.82, 2.24) is 14.5 Å². The third kappa shape index (κ3) is 6.42. The maximum atomic E-state index is 6.42. The molecule has 1 aromatic carbocycles. The molecule has 5 heteroatoms. The van der Waals surface area contributed by atoms with E-state index < -0.39 is 18.4 Å². The molecule has 3 nitrogen and oxygen atoms in total. The molecule has 0 aliphatic carbocycles. The van der Waals surface area contributed by atoms with Gasteiger partial charge in [-0.2, -0.15) is 0 Å². The van der Waals surface area contributed by atoms with Gasteiger partial charge in [-0.1, -0.05) is 0 Å². The SMILES string of the molecule is CCC[CH2][Sn]([CH2]CCC)([CH2]CCC)/[C](=C\c1nc(Cl)nc2c1ccn2C)c1cccc(C)c1. The molecule has 0 fully saturated rings. The van der Waals surface area contributed by atoms with Crippen LogP contribution in [0.15, 0.2) is 36.5 Å². The summed E-state index contributed by atoms with van der Waals surface area (Å²) in [5, 5.41) is 1.42. The van der Waals surface area contributed by atoms with Crippen molar-refractivity contribution in [2.24, 2.45) is 7.05 Å². The van der Waals surface area contributed by atoms with Crippen molar-refractivity contribution in [3.05, 3.63) is 58.6 Å². The monoisotopic (exact) mass is 573 g/mol. The van der Waals surface area contributed by atoms with E-state index in [1.165, 1.54) is 63.0 Å². The standard InChI is InChI=1S/C16H13ClN3.3C4H9.Sn/c1-11-4-3-5-12(10-11)6-7-14-13-8-9-20(2)15(13)19-16(17)18-14;3*1-3-4-2;/h3-5,7-10H,1-2H3;3*1,3-4H2,2H3;. The van der Waals surface area contributed by atoms with Crippen LogP contribution < -0.4 is 0 Å². The molecular weight excluding hydrogens is 532 g/mol. The summed E-state index contributed by atoms with van der Waals surface area (Å²) in [6, 6.07) is 11.3. The van der Waals surface area contributed by atoms with Gasteiger partial charge in [0, 0.05) is 0 Å². The first-order valence-corrected chi connectivity index (χ1v) is 20.6. The average Bonchev–Trinajstić information content (AvgIpc) is 3.18. The number of rotatable bonds is 12. The van der Waals surface area contributed by atoms with Crippen LogP contribution in [-0.2, 0) is 7.05 Å². The van der Waals surface area contributed by atoms with Gasteiger partial charge in [0.05, 0.1) is 0 Å². The summed E-state index contributed by atoms with van der Waals surface area (Å²) in [7, 11) is 2.02. The van der Waals surface area contributed by atoms with Crippen molar-refractivity contribution in [2.75, 3.05) is 0 Å². The summed E-state index contributed by atoms with van der Waals surface area (Å²) >= 11 is 3.66. The molecular formula is C28H40ClN3Sn. The molecule has 0 atom stereocenters. The number of fused-ring (bicyclic) bond motifs is 1. The van der Waals surface area contributed by atoms with Crippen LogP contribution in [0.4, 0.5) is 0 Å². The van der Waals surface area contributed by atoms with Crippen LogP contribution in [0.3, 0.4) is 0 Å². The Morgan fingerprint density at radius 1 is 0.970 bits per heavy atom. The maximum absolute atomic E-state index is 6.42. The Balaban J connectivity index is 2.29. The van der Waals surface area contributed by atoms with E-state index in [1.807, 2.05) is 11.6 Å². The number of hydrogen-bond acceptors (Lipinski definition) is 2. The molecule has 3 aromatic rings. The predicted molar refractivity (Wildman–Crippen MR) is 147 cm³/mol. The Morgan fingerprint density at radius 2 is 1.61 bits per heavy atom. The van der Waals surface area contributed by atoms with Crippen molar-refractivity contribution in [1.29, 1.82) is 0 Å². The van der Waals surface area contributed by atoms with E-state index >= 15 is 0 Å². The van der Waals surface area contributed by atoms with Crippen LogP contribution >= 0.6 is 11.6 Å². The van der Waals surface area contributed by atoms with Crippen molar-refractivity contribution in [3.8, 4) is 0 Å². The molecule has 0 aliphatic rings. The van der Waals surface area contributed by atoms with E-state index in [4.69, 9.17) is 16.6 Å². The second-order valence-electron chi connectivity index (χ2n) is 9.56. The third-order valence-corrected chi connectivity index (χ3v) is 22.8. The minimum atomic E-state index is -2.76. The summed E-state index contributed by atoms with van der Waals surface area (Å²) in [6.45, 7) is 9.22. The first kappa shape index (κ1) is 26.3. The molecule has 33 heavy (non-hydrogen) atoms. The fourth-order valence-electron chi connectivity index (χ4n) is 5.06. The van der Waals surface area contributed by atoms with E-state index in [0.717, 1.165) is 16.7 Å². The number of halogens is 1. The number of aromatic nitrogens is 3. The van der Waals surface area contributed by atoms with Gasteiger partial charge in [-0.25, -0.2) is 0 Å². The van der Waals surface area contributed by atoms with E-state index in [-0.39, 0.29) is 0 Å². The summed E-state index contributed by atoms with van der Waals surface area (Å²) in [4.78, 5) is 9.26. The van der Waals surface area contributed by atoms with Crippen molar-refractivity contribution in [2.45, 2.75) is 79.5 Å². The fourth-order valence-corrected chi connectivity index (χ4v) is 22.0. The van der Waals surface area contributed by atoms with Gasteiger partial charge in [0.2, 0.25) is 0 Å². The topological polar surface area (TPSA) is 30.7 Å². The van der Waals surface area contributed by atoms with Gasteiger partial charge in [0.25, 0.3) is 0 Å². The molecule has 0 N–H and O–H groups in total. The van der Waals surface area contributed by atoms with E-state index in [0.29, 0.717) is 5.28 Å². The normalized spacial score (nSPS) is 12.6. The Morgan fingerprint density at radius 3 is 2.18 bits per heavy atom. The molecule has 178 valence electrons. The number of nitrogens with zero attached hydrogens (tertiary/aromatic N) is 3. The van der Waals surface area contributed by atoms with Gasteiger partial charge in [0.15, 0.2) is 0 Å². The average molecular weight is 573 g/mol. The predicted octanol–water partition coefficient (Wildman–Crippen LogP) is 8.86. The van der Waals surface area contributed by atoms with Crippen LogP contribution in [-0.4, -0.2) is 32.9 Å². The van der Waals surface area contributed by atoms with Gasteiger partial charge >= 0.3 is 210 Å². The summed E-state index contributed by atoms with van der Waals surface area (Å²) in [5.41, 5.74) is 4.62. The van der Waals surface area contributed by atoms with E-state index in [9.17, 15) is 0 Å². The number of aryl methyl sites for hydroxylation is 2. The van der Waals surface area contributed by atoms with Gasteiger partial charge in [-0.3, -0.25) is 0 Å². The Bertz CT molecular complexity index is 1060. The molecule has 0 aliphatic heterocycles. The van der Waals surface area contributed by atoms with Crippen LogP contribution in [0.1, 0.15) is 76.1 Å². The second-order valence-corrected chi connectivity index (χ2v) is 23.0. The summed E-state index contributed by atoms with van der Waals surface area (Å²) in [6.07, 6.45) is 12.3.